The van der Waals surface area contributed by atoms with Gasteiger partial charge in [0.25, 0.3) is 0 Å². The molecule has 1 unspecified atom stereocenters. The fourth-order valence-electron chi connectivity index (χ4n) is 1.18. The molecule has 0 bridgehead atoms. The smallest absolute Gasteiger partial charge is 0.314 e. The van der Waals surface area contributed by atoms with E-state index in [1.165, 1.54) is 0 Å². The molecule has 0 aliphatic rings. The third-order valence-electron chi connectivity index (χ3n) is 2.70. The first-order chi connectivity index (χ1) is 8.28. The van der Waals surface area contributed by atoms with Gasteiger partial charge in [-0.3, -0.25) is 4.79 Å². The Morgan fingerprint density at radius 1 is 1.33 bits per heavy atom. The number of hydrogen-bond donors (Lipinski definition) is 3. The number of nitrogens with one attached hydrogen (secondary N) is 2. The summed E-state index contributed by atoms with van der Waals surface area (Å²) in [4.78, 5) is 22.0. The maximum absolute atomic E-state index is 11.4. The number of carboxylic acid groups (broad SMARTS) is 1. The number of aliphatic carboxylic acids is 1. The zero-order valence-corrected chi connectivity index (χ0v) is 11.6. The van der Waals surface area contributed by atoms with E-state index in [1.807, 2.05) is 13.8 Å². The van der Waals surface area contributed by atoms with E-state index in [9.17, 15) is 9.59 Å². The second-order valence-electron chi connectivity index (χ2n) is 5.21. The van der Waals surface area contributed by atoms with E-state index in [-0.39, 0.29) is 18.0 Å². The lowest BCUT2D eigenvalue weighted by molar-refractivity contribution is -0.140. The van der Waals surface area contributed by atoms with Crippen molar-refractivity contribution in [2.45, 2.75) is 27.2 Å². The van der Waals surface area contributed by atoms with Crippen molar-refractivity contribution in [3.63, 3.8) is 0 Å². The van der Waals surface area contributed by atoms with Crippen LogP contribution in [0.2, 0.25) is 0 Å². The van der Waals surface area contributed by atoms with Crippen molar-refractivity contribution in [2.24, 2.45) is 11.3 Å². The molecule has 0 saturated heterocycles. The fraction of sp³-hybridized carbons (Fsp3) is 0.833. The number of carbonyl (C=O) groups excluding carboxylic acids is 1. The van der Waals surface area contributed by atoms with Crippen LogP contribution in [0.3, 0.4) is 0 Å². The molecule has 106 valence electrons. The van der Waals surface area contributed by atoms with E-state index in [0.29, 0.717) is 13.2 Å². The number of rotatable bonds is 8. The SMILES string of the molecule is COCCC(C)(C)CNC(=O)NCC(C)C(=O)O. The maximum atomic E-state index is 11.4. The summed E-state index contributed by atoms with van der Waals surface area (Å²) >= 11 is 0. The van der Waals surface area contributed by atoms with E-state index in [2.05, 4.69) is 10.6 Å². The van der Waals surface area contributed by atoms with Crippen LogP contribution in [-0.2, 0) is 9.53 Å². The summed E-state index contributed by atoms with van der Waals surface area (Å²) in [5.41, 5.74) is -0.0498. The van der Waals surface area contributed by atoms with Gasteiger partial charge < -0.3 is 20.5 Å². The van der Waals surface area contributed by atoms with Crippen molar-refractivity contribution in [3.8, 4) is 0 Å². The van der Waals surface area contributed by atoms with Gasteiger partial charge in [-0.1, -0.05) is 20.8 Å². The van der Waals surface area contributed by atoms with Crippen LogP contribution in [-0.4, -0.2) is 43.9 Å². The fourth-order valence-corrected chi connectivity index (χ4v) is 1.18. The average Bonchev–Trinajstić information content (AvgIpc) is 2.30. The van der Waals surface area contributed by atoms with Crippen LogP contribution < -0.4 is 10.6 Å². The molecule has 0 radical (unpaired) electrons. The van der Waals surface area contributed by atoms with Crippen molar-refractivity contribution >= 4 is 12.0 Å². The standard InChI is InChI=1S/C12H24N2O4/c1-9(10(15)16)7-13-11(17)14-8-12(2,3)5-6-18-4/h9H,5-8H2,1-4H3,(H,15,16)(H2,13,14,17). The molecule has 0 spiro atoms. The van der Waals surface area contributed by atoms with Gasteiger partial charge in [0.05, 0.1) is 5.92 Å². The summed E-state index contributed by atoms with van der Waals surface area (Å²) in [5.74, 6) is -1.51. The third kappa shape index (κ3) is 7.89. The molecule has 0 aliphatic heterocycles. The zero-order chi connectivity index (χ0) is 14.2. The molecule has 0 aromatic heterocycles. The minimum Gasteiger partial charge on any atom is -0.481 e. The first-order valence-corrected chi connectivity index (χ1v) is 6.02. The molecule has 2 amide bonds. The van der Waals surface area contributed by atoms with Crippen molar-refractivity contribution in [1.82, 2.24) is 10.6 Å². The Hall–Kier alpha value is -1.30. The quantitative estimate of drug-likeness (QED) is 0.609. The molecule has 18 heavy (non-hydrogen) atoms. The van der Waals surface area contributed by atoms with Gasteiger partial charge >= 0.3 is 12.0 Å². The minimum absolute atomic E-state index is 0.0498. The molecule has 0 aromatic carbocycles. The summed E-state index contributed by atoms with van der Waals surface area (Å²) in [5, 5.41) is 13.9. The molecule has 0 saturated carbocycles. The van der Waals surface area contributed by atoms with Gasteiger partial charge in [-0.2, -0.15) is 0 Å². The van der Waals surface area contributed by atoms with Crippen LogP contribution in [0.1, 0.15) is 27.2 Å². The largest absolute Gasteiger partial charge is 0.481 e. The topological polar surface area (TPSA) is 87.7 Å². The Kier molecular flexibility index (Phi) is 7.35. The van der Waals surface area contributed by atoms with Gasteiger partial charge in [0, 0.05) is 26.8 Å². The van der Waals surface area contributed by atoms with Crippen LogP contribution in [0.15, 0.2) is 0 Å². The summed E-state index contributed by atoms with van der Waals surface area (Å²) in [6.07, 6.45) is 0.843. The molecule has 0 heterocycles. The molecule has 0 rings (SSSR count). The normalized spacial score (nSPS) is 12.9. The van der Waals surface area contributed by atoms with Crippen molar-refractivity contribution in [3.05, 3.63) is 0 Å². The molecular weight excluding hydrogens is 236 g/mol. The second kappa shape index (κ2) is 7.92. The molecular formula is C12H24N2O4. The first kappa shape index (κ1) is 16.7. The van der Waals surface area contributed by atoms with Crippen LogP contribution >= 0.6 is 0 Å². The highest BCUT2D eigenvalue weighted by Gasteiger charge is 2.19. The predicted molar refractivity (Wildman–Crippen MR) is 68.5 cm³/mol. The molecule has 0 fully saturated rings. The van der Waals surface area contributed by atoms with Crippen LogP contribution in [0, 0.1) is 11.3 Å². The highest BCUT2D eigenvalue weighted by molar-refractivity contribution is 5.75. The van der Waals surface area contributed by atoms with Gasteiger partial charge in [0.2, 0.25) is 0 Å². The van der Waals surface area contributed by atoms with Crippen LogP contribution in [0.5, 0.6) is 0 Å². The number of methoxy groups -OCH3 is 1. The Morgan fingerprint density at radius 2 is 1.94 bits per heavy atom. The summed E-state index contributed by atoms with van der Waals surface area (Å²) < 4.78 is 5.00. The summed E-state index contributed by atoms with van der Waals surface area (Å²) in [6.45, 7) is 6.90. The Bertz CT molecular complexity index is 279. The maximum Gasteiger partial charge on any atom is 0.314 e. The first-order valence-electron chi connectivity index (χ1n) is 6.02. The van der Waals surface area contributed by atoms with E-state index in [0.717, 1.165) is 6.42 Å². The molecule has 6 heteroatoms. The third-order valence-corrected chi connectivity index (χ3v) is 2.70. The molecule has 0 aliphatic carbocycles. The number of hydrogen-bond acceptors (Lipinski definition) is 3. The van der Waals surface area contributed by atoms with E-state index in [4.69, 9.17) is 9.84 Å². The Morgan fingerprint density at radius 3 is 2.44 bits per heavy atom. The number of carbonyl (C=O) groups is 2. The molecule has 1 atom stereocenters. The number of ether oxygens (including phenoxy) is 1. The van der Waals surface area contributed by atoms with Gasteiger partial charge in [0.15, 0.2) is 0 Å². The number of carboxylic acids is 1. The number of amides is 2. The van der Waals surface area contributed by atoms with Gasteiger partial charge in [-0.15, -0.1) is 0 Å². The summed E-state index contributed by atoms with van der Waals surface area (Å²) in [6, 6.07) is -0.339. The second-order valence-corrected chi connectivity index (χ2v) is 5.21. The van der Waals surface area contributed by atoms with Crippen molar-refractivity contribution < 1.29 is 19.4 Å². The van der Waals surface area contributed by atoms with Gasteiger partial charge in [-0.25, -0.2) is 4.79 Å². The lowest BCUT2D eigenvalue weighted by Crippen LogP contribution is -2.43. The lowest BCUT2D eigenvalue weighted by Gasteiger charge is -2.24. The summed E-state index contributed by atoms with van der Waals surface area (Å²) in [7, 11) is 1.64. The van der Waals surface area contributed by atoms with Crippen LogP contribution in [0.4, 0.5) is 4.79 Å². The van der Waals surface area contributed by atoms with E-state index in [1.54, 1.807) is 14.0 Å². The zero-order valence-electron chi connectivity index (χ0n) is 11.6. The highest BCUT2D eigenvalue weighted by Crippen LogP contribution is 2.18. The van der Waals surface area contributed by atoms with Crippen LogP contribution in [0.25, 0.3) is 0 Å². The average molecular weight is 260 g/mol. The van der Waals surface area contributed by atoms with Crippen molar-refractivity contribution in [2.75, 3.05) is 26.8 Å². The predicted octanol–water partition coefficient (Wildman–Crippen LogP) is 1.07. The highest BCUT2D eigenvalue weighted by atomic mass is 16.5. The minimum atomic E-state index is -0.921. The number of urea groups is 1. The molecule has 3 N–H and O–H groups in total. The lowest BCUT2D eigenvalue weighted by atomic mass is 9.90. The van der Waals surface area contributed by atoms with E-state index >= 15 is 0 Å². The van der Waals surface area contributed by atoms with Crippen molar-refractivity contribution in [1.29, 1.82) is 0 Å². The Labute approximate surface area is 108 Å². The van der Waals surface area contributed by atoms with Gasteiger partial charge in [-0.05, 0) is 11.8 Å². The molecule has 0 aromatic rings. The van der Waals surface area contributed by atoms with E-state index < -0.39 is 11.9 Å². The monoisotopic (exact) mass is 260 g/mol. The van der Waals surface area contributed by atoms with Gasteiger partial charge in [0.1, 0.15) is 0 Å². The Balaban J connectivity index is 3.85. The molecule has 6 nitrogen and oxygen atoms in total.